The van der Waals surface area contributed by atoms with E-state index in [1.807, 2.05) is 23.6 Å². The van der Waals surface area contributed by atoms with Crippen molar-refractivity contribution in [3.63, 3.8) is 0 Å². The van der Waals surface area contributed by atoms with Gasteiger partial charge in [-0.3, -0.25) is 9.48 Å². The van der Waals surface area contributed by atoms with Gasteiger partial charge in [0.25, 0.3) is 6.43 Å². The van der Waals surface area contributed by atoms with Crippen LogP contribution in [0.5, 0.6) is 0 Å². The number of alkyl halides is 2. The number of sulfone groups is 1. The maximum atomic E-state index is 14.3. The summed E-state index contributed by atoms with van der Waals surface area (Å²) >= 11 is 0. The highest BCUT2D eigenvalue weighted by Gasteiger charge is 2.37. The SMILES string of the molecule is C[C@@H]1C(=O)N(C)Cc2c(-c3cccc4nc(-c5cnn(C)c5)c(C(F)F)cc34)nc(C3CCS(=O)(=O)CC3)n21. The number of carbonyl (C=O) groups excluding carboxylic acids is 1. The van der Waals surface area contributed by atoms with Crippen LogP contribution in [0.25, 0.3) is 33.4 Å². The number of hydrogen-bond donors (Lipinski definition) is 0. The van der Waals surface area contributed by atoms with Gasteiger partial charge >= 0.3 is 0 Å². The molecule has 5 heterocycles. The van der Waals surface area contributed by atoms with Crippen LogP contribution in [0.1, 0.15) is 55.2 Å². The van der Waals surface area contributed by atoms with Crippen molar-refractivity contribution in [1.82, 2.24) is 29.2 Å². The first kappa shape index (κ1) is 25.6. The van der Waals surface area contributed by atoms with Crippen LogP contribution in [0.2, 0.25) is 0 Å². The van der Waals surface area contributed by atoms with Crippen molar-refractivity contribution in [2.24, 2.45) is 7.05 Å². The number of imidazole rings is 1. The van der Waals surface area contributed by atoms with E-state index in [1.54, 1.807) is 35.9 Å². The molecule has 0 spiro atoms. The van der Waals surface area contributed by atoms with Gasteiger partial charge in [0.05, 0.1) is 46.8 Å². The number of aromatic nitrogens is 5. The Kier molecular flexibility index (Phi) is 6.05. The van der Waals surface area contributed by atoms with Crippen LogP contribution < -0.4 is 0 Å². The molecule has 1 fully saturated rings. The van der Waals surface area contributed by atoms with E-state index < -0.39 is 22.3 Å². The van der Waals surface area contributed by atoms with Crippen LogP contribution >= 0.6 is 0 Å². The minimum atomic E-state index is -3.09. The molecule has 0 unspecified atom stereocenters. The minimum Gasteiger partial charge on any atom is -0.338 e. The largest absolute Gasteiger partial charge is 0.338 e. The van der Waals surface area contributed by atoms with Crippen molar-refractivity contribution in [2.45, 2.75) is 44.7 Å². The highest BCUT2D eigenvalue weighted by atomic mass is 32.2. The lowest BCUT2D eigenvalue weighted by Gasteiger charge is -2.32. The number of benzene rings is 1. The van der Waals surface area contributed by atoms with Crippen molar-refractivity contribution in [3.05, 3.63) is 53.7 Å². The van der Waals surface area contributed by atoms with Crippen molar-refractivity contribution in [2.75, 3.05) is 18.6 Å². The lowest BCUT2D eigenvalue weighted by Crippen LogP contribution is -2.40. The highest BCUT2D eigenvalue weighted by molar-refractivity contribution is 7.91. The maximum Gasteiger partial charge on any atom is 0.265 e. The van der Waals surface area contributed by atoms with Crippen molar-refractivity contribution >= 4 is 26.6 Å². The van der Waals surface area contributed by atoms with Gasteiger partial charge in [-0.15, -0.1) is 0 Å². The second kappa shape index (κ2) is 9.22. The van der Waals surface area contributed by atoms with Crippen LogP contribution in [0.3, 0.4) is 0 Å². The van der Waals surface area contributed by atoms with Gasteiger partial charge in [-0.1, -0.05) is 12.1 Å². The van der Waals surface area contributed by atoms with Crippen molar-refractivity contribution in [3.8, 4) is 22.5 Å². The molecule has 39 heavy (non-hydrogen) atoms. The monoisotopic (exact) mass is 554 g/mol. The van der Waals surface area contributed by atoms with Gasteiger partial charge in [-0.2, -0.15) is 5.10 Å². The summed E-state index contributed by atoms with van der Waals surface area (Å²) in [5.41, 5.74) is 3.07. The first-order valence-corrected chi connectivity index (χ1v) is 14.6. The first-order chi connectivity index (χ1) is 18.5. The number of pyridine rings is 1. The molecule has 1 amide bonds. The molecule has 0 N–H and O–H groups in total. The number of halogens is 2. The van der Waals surface area contributed by atoms with Crippen molar-refractivity contribution < 1.29 is 22.0 Å². The Morgan fingerprint density at radius 1 is 1.08 bits per heavy atom. The summed E-state index contributed by atoms with van der Waals surface area (Å²) in [5, 5.41) is 4.65. The Morgan fingerprint density at radius 3 is 2.49 bits per heavy atom. The van der Waals surface area contributed by atoms with E-state index in [2.05, 4.69) is 10.1 Å². The van der Waals surface area contributed by atoms with E-state index in [0.29, 0.717) is 52.9 Å². The third kappa shape index (κ3) is 4.30. The fraction of sp³-hybridized carbons (Fsp3) is 0.407. The number of fused-ring (bicyclic) bond motifs is 2. The zero-order valence-electron chi connectivity index (χ0n) is 21.8. The third-order valence-electron chi connectivity index (χ3n) is 7.82. The van der Waals surface area contributed by atoms with E-state index in [-0.39, 0.29) is 34.6 Å². The molecule has 3 aromatic heterocycles. The summed E-state index contributed by atoms with van der Waals surface area (Å²) in [6, 6.07) is 6.39. The summed E-state index contributed by atoms with van der Waals surface area (Å²) in [6.07, 6.45) is 1.26. The summed E-state index contributed by atoms with van der Waals surface area (Å²) in [5.74, 6) is 0.642. The summed E-state index contributed by atoms with van der Waals surface area (Å²) in [7, 11) is 0.357. The van der Waals surface area contributed by atoms with E-state index in [4.69, 9.17) is 4.98 Å². The average Bonchev–Trinajstić information content (AvgIpc) is 3.50. The zero-order valence-corrected chi connectivity index (χ0v) is 22.6. The molecule has 1 saturated heterocycles. The number of nitrogens with zero attached hydrogens (tertiary/aromatic N) is 6. The Bertz CT molecular complexity index is 1710. The molecule has 2 aliphatic rings. The van der Waals surface area contributed by atoms with Gasteiger partial charge in [0.15, 0.2) is 0 Å². The summed E-state index contributed by atoms with van der Waals surface area (Å²) in [6.45, 7) is 2.12. The fourth-order valence-corrected chi connectivity index (χ4v) is 7.30. The van der Waals surface area contributed by atoms with Crippen molar-refractivity contribution in [1.29, 1.82) is 0 Å². The normalized spacial score (nSPS) is 19.7. The van der Waals surface area contributed by atoms with Gasteiger partial charge < -0.3 is 9.47 Å². The number of hydrogen-bond acceptors (Lipinski definition) is 6. The molecule has 12 heteroatoms. The molecular weight excluding hydrogens is 526 g/mol. The predicted molar refractivity (Wildman–Crippen MR) is 142 cm³/mol. The number of likely N-dealkylation sites (N-methyl/N-ethyl adjacent to an activating group) is 1. The van der Waals surface area contributed by atoms with Crippen LogP contribution in [0, 0.1) is 0 Å². The second-order valence-electron chi connectivity index (χ2n) is 10.4. The number of carbonyl (C=O) groups is 1. The van der Waals surface area contributed by atoms with E-state index in [0.717, 1.165) is 5.69 Å². The smallest absolute Gasteiger partial charge is 0.265 e. The first-order valence-electron chi connectivity index (χ1n) is 12.8. The standard InChI is InChI=1S/C27H28F2N6O3S/c1-15-27(36)33(2)14-22-24(32-26(35(15)22)16-7-9-39(37,38)10-8-16)18-5-4-6-21-19(18)11-20(25(28)29)23(31-21)17-12-30-34(3)13-17/h4-6,11-13,15-16,25H,7-10,14H2,1-3H3/t15-/m1/s1. The number of amides is 1. The Hall–Kier alpha value is -3.67. The molecule has 6 rings (SSSR count). The molecule has 0 radical (unpaired) electrons. The lowest BCUT2D eigenvalue weighted by molar-refractivity contribution is -0.135. The molecule has 9 nitrogen and oxygen atoms in total. The predicted octanol–water partition coefficient (Wildman–Crippen LogP) is 4.26. The van der Waals surface area contributed by atoms with Gasteiger partial charge in [0, 0.05) is 48.3 Å². The summed E-state index contributed by atoms with van der Waals surface area (Å²) < 4.78 is 56.3. The second-order valence-corrected chi connectivity index (χ2v) is 12.7. The minimum absolute atomic E-state index is 0.0585. The van der Waals surface area contributed by atoms with Crippen LogP contribution in [0.15, 0.2) is 36.7 Å². The number of aryl methyl sites for hydroxylation is 1. The molecule has 1 aromatic carbocycles. The average molecular weight is 555 g/mol. The van der Waals surface area contributed by atoms with E-state index in [9.17, 15) is 22.0 Å². The number of rotatable bonds is 4. The molecule has 0 bridgehead atoms. The molecule has 0 saturated carbocycles. The Labute approximate surface area is 224 Å². The molecule has 204 valence electrons. The van der Waals surface area contributed by atoms with Gasteiger partial charge in [0.1, 0.15) is 21.7 Å². The topological polar surface area (TPSA) is 103 Å². The van der Waals surface area contributed by atoms with Crippen LogP contribution in [-0.2, 0) is 28.2 Å². The molecule has 0 aliphatic carbocycles. The third-order valence-corrected chi connectivity index (χ3v) is 9.54. The van der Waals surface area contributed by atoms with Gasteiger partial charge in [0.2, 0.25) is 5.91 Å². The van der Waals surface area contributed by atoms with Gasteiger partial charge in [-0.25, -0.2) is 27.2 Å². The molecule has 2 aliphatic heterocycles. The molecule has 4 aromatic rings. The molecule has 1 atom stereocenters. The van der Waals surface area contributed by atoms with E-state index in [1.165, 1.54) is 12.3 Å². The Morgan fingerprint density at radius 2 is 1.82 bits per heavy atom. The molecular formula is C27H28F2N6O3S. The lowest BCUT2D eigenvalue weighted by atomic mass is 9.99. The summed E-state index contributed by atoms with van der Waals surface area (Å²) in [4.78, 5) is 24.2. The quantitative estimate of drug-likeness (QED) is 0.374. The fourth-order valence-electron chi connectivity index (χ4n) is 5.81. The Balaban J connectivity index is 1.56. The highest BCUT2D eigenvalue weighted by Crippen LogP contribution is 2.41. The maximum absolute atomic E-state index is 14.3. The zero-order chi connectivity index (χ0) is 27.6. The van der Waals surface area contributed by atoms with E-state index >= 15 is 0 Å². The van der Waals surface area contributed by atoms with Gasteiger partial charge in [-0.05, 0) is 31.9 Å². The van der Waals surface area contributed by atoms with Crippen LogP contribution in [-0.4, -0.2) is 62.1 Å². The van der Waals surface area contributed by atoms with Crippen LogP contribution in [0.4, 0.5) is 8.78 Å².